The first-order valence-corrected chi connectivity index (χ1v) is 6.79. The highest BCUT2D eigenvalue weighted by Gasteiger charge is 2.44. The summed E-state index contributed by atoms with van der Waals surface area (Å²) in [7, 11) is -4.75. The van der Waals surface area contributed by atoms with Crippen molar-refractivity contribution in [3.8, 4) is 0 Å². The van der Waals surface area contributed by atoms with Gasteiger partial charge in [0.1, 0.15) is 18.3 Å². The number of phosphoric ester groups is 1. The highest BCUT2D eigenvalue weighted by molar-refractivity contribution is 7.46. The van der Waals surface area contributed by atoms with E-state index in [-0.39, 0.29) is 0 Å². The number of carbonyl (C=O) groups excluding carboxylic acids is 1. The minimum absolute atomic E-state index is 0.701. The second-order valence-electron chi connectivity index (χ2n) is 4.00. The first kappa shape index (κ1) is 16.5. The van der Waals surface area contributed by atoms with Crippen molar-refractivity contribution in [2.45, 2.75) is 37.6 Å². The van der Waals surface area contributed by atoms with E-state index in [0.717, 1.165) is 6.92 Å². The van der Waals surface area contributed by atoms with E-state index in [9.17, 15) is 19.6 Å². The number of hydrogen-bond donors (Lipinski definition) is 5. The van der Waals surface area contributed by atoms with E-state index >= 15 is 0 Å². The van der Waals surface area contributed by atoms with Gasteiger partial charge in [-0.25, -0.2) is 4.57 Å². The fourth-order valence-electron chi connectivity index (χ4n) is 1.53. The van der Waals surface area contributed by atoms with Gasteiger partial charge in [-0.3, -0.25) is 9.32 Å². The van der Waals surface area contributed by atoms with Crippen LogP contribution in [0.4, 0.5) is 0 Å². The lowest BCUT2D eigenvalue weighted by Crippen LogP contribution is -2.62. The van der Waals surface area contributed by atoms with E-state index in [1.54, 1.807) is 0 Å². The third kappa shape index (κ3) is 4.79. The molecule has 0 aromatic carbocycles. The average Bonchev–Trinajstić information content (AvgIpc) is 2.26. The molecule has 10 nitrogen and oxygen atoms in total. The van der Waals surface area contributed by atoms with Crippen LogP contribution in [0.2, 0.25) is 0 Å². The Kier molecular flexibility index (Phi) is 5.42. The summed E-state index contributed by atoms with van der Waals surface area (Å²) in [5.41, 5.74) is 5.50. The molecule has 0 radical (unpaired) electrons. The summed E-state index contributed by atoms with van der Waals surface area (Å²) in [6.07, 6.45) is -5.68. The maximum atomic E-state index is 10.8. The van der Waals surface area contributed by atoms with E-state index in [0.29, 0.717) is 0 Å². The van der Waals surface area contributed by atoms with Crippen LogP contribution in [0.5, 0.6) is 0 Å². The van der Waals surface area contributed by atoms with Gasteiger partial charge in [-0.2, -0.15) is 0 Å². The van der Waals surface area contributed by atoms with Crippen molar-refractivity contribution in [1.82, 2.24) is 0 Å². The normalized spacial score (nSPS) is 36.0. The summed E-state index contributed by atoms with van der Waals surface area (Å²) in [5, 5.41) is 19.3. The Morgan fingerprint density at radius 3 is 2.42 bits per heavy atom. The van der Waals surface area contributed by atoms with Crippen molar-refractivity contribution in [1.29, 1.82) is 0 Å². The minimum atomic E-state index is -4.75. The molecule has 1 rings (SSSR count). The van der Waals surface area contributed by atoms with Gasteiger partial charge in [-0.05, 0) is 0 Å². The van der Waals surface area contributed by atoms with E-state index in [1.807, 2.05) is 0 Å². The van der Waals surface area contributed by atoms with Gasteiger partial charge in [0.15, 0.2) is 0 Å². The highest BCUT2D eigenvalue weighted by atomic mass is 31.2. The van der Waals surface area contributed by atoms with Gasteiger partial charge >= 0.3 is 13.8 Å². The molecular weight excluding hydrogens is 285 g/mol. The first-order valence-electron chi connectivity index (χ1n) is 5.26. The van der Waals surface area contributed by atoms with Crippen molar-refractivity contribution >= 4 is 13.8 Å². The molecule has 1 aliphatic rings. The van der Waals surface area contributed by atoms with Gasteiger partial charge in [0, 0.05) is 6.92 Å². The molecule has 11 heteroatoms. The van der Waals surface area contributed by atoms with E-state index in [2.05, 4.69) is 9.26 Å². The second kappa shape index (κ2) is 6.25. The fraction of sp³-hybridized carbons (Fsp3) is 0.875. The summed E-state index contributed by atoms with van der Waals surface area (Å²) < 4.78 is 24.4. The standard InChI is InChI=1S/C8H16NO9P/c1-3(10)17-8-5(9)7(12)6(11)4(18-8)2-16-19(13,14)15/h4-8,11-12H,2,9H2,1H3,(H2,13,14,15)/t4-,5+,6-,7-,8?/m1/s1. The molecule has 19 heavy (non-hydrogen) atoms. The lowest BCUT2D eigenvalue weighted by Gasteiger charge is -2.40. The Labute approximate surface area is 108 Å². The molecule has 1 saturated heterocycles. The van der Waals surface area contributed by atoms with Gasteiger partial charge in [0.25, 0.3) is 0 Å². The smallest absolute Gasteiger partial charge is 0.434 e. The largest absolute Gasteiger partial charge is 0.469 e. The minimum Gasteiger partial charge on any atom is -0.434 e. The predicted octanol–water partition coefficient (Wildman–Crippen LogP) is -2.57. The maximum Gasteiger partial charge on any atom is 0.469 e. The van der Waals surface area contributed by atoms with Crippen molar-refractivity contribution in [2.75, 3.05) is 6.61 Å². The third-order valence-corrected chi connectivity index (χ3v) is 2.92. The van der Waals surface area contributed by atoms with Crippen molar-refractivity contribution in [3.05, 3.63) is 0 Å². The Morgan fingerprint density at radius 1 is 1.37 bits per heavy atom. The zero-order valence-corrected chi connectivity index (χ0v) is 10.8. The number of esters is 1. The molecule has 1 fully saturated rings. The quantitative estimate of drug-likeness (QED) is 0.275. The number of rotatable bonds is 4. The van der Waals surface area contributed by atoms with Crippen molar-refractivity contribution in [2.24, 2.45) is 5.73 Å². The Balaban J connectivity index is 2.70. The summed E-state index contributed by atoms with van der Waals surface area (Å²) in [6.45, 7) is 0.391. The predicted molar refractivity (Wildman–Crippen MR) is 58.4 cm³/mol. The summed E-state index contributed by atoms with van der Waals surface area (Å²) in [6, 6.07) is -1.19. The number of carbonyl (C=O) groups is 1. The Morgan fingerprint density at radius 2 is 1.95 bits per heavy atom. The van der Waals surface area contributed by atoms with Crippen LogP contribution in [-0.2, 0) is 23.4 Å². The lowest BCUT2D eigenvalue weighted by atomic mass is 9.98. The molecule has 1 heterocycles. The van der Waals surface area contributed by atoms with Crippen LogP contribution < -0.4 is 5.73 Å². The van der Waals surface area contributed by atoms with Crippen LogP contribution >= 0.6 is 7.82 Å². The molecule has 0 amide bonds. The number of hydrogen-bond acceptors (Lipinski definition) is 8. The molecule has 1 unspecified atom stereocenters. The Bertz CT molecular complexity index is 371. The van der Waals surface area contributed by atoms with Crippen LogP contribution in [0.3, 0.4) is 0 Å². The van der Waals surface area contributed by atoms with E-state index in [4.69, 9.17) is 20.3 Å². The molecule has 0 bridgehead atoms. The number of phosphoric acid groups is 1. The lowest BCUT2D eigenvalue weighted by molar-refractivity contribution is -0.257. The van der Waals surface area contributed by atoms with Crippen LogP contribution in [0, 0.1) is 0 Å². The van der Waals surface area contributed by atoms with Crippen LogP contribution in [-0.4, -0.2) is 63.2 Å². The zero-order chi connectivity index (χ0) is 14.8. The molecule has 0 aliphatic carbocycles. The summed E-state index contributed by atoms with van der Waals surface area (Å²) >= 11 is 0. The SMILES string of the molecule is CC(=O)OC1O[C@H](COP(=O)(O)O)[C@@H](O)[C@H](O)[C@@H]1N. The van der Waals surface area contributed by atoms with Crippen LogP contribution in [0.1, 0.15) is 6.92 Å². The molecule has 6 N–H and O–H groups in total. The van der Waals surface area contributed by atoms with Gasteiger partial charge in [0.2, 0.25) is 6.29 Å². The number of ether oxygens (including phenoxy) is 2. The monoisotopic (exact) mass is 301 g/mol. The molecule has 1 aliphatic heterocycles. The molecule has 112 valence electrons. The van der Waals surface area contributed by atoms with Gasteiger partial charge in [-0.1, -0.05) is 0 Å². The number of nitrogens with two attached hydrogens (primary N) is 1. The molecule has 0 aromatic rings. The molecular formula is C8H16NO9P. The molecule has 0 spiro atoms. The topological polar surface area (TPSA) is 169 Å². The second-order valence-corrected chi connectivity index (χ2v) is 5.24. The maximum absolute atomic E-state index is 10.8. The van der Waals surface area contributed by atoms with E-state index in [1.165, 1.54) is 0 Å². The molecule has 0 aromatic heterocycles. The molecule has 5 atom stereocenters. The third-order valence-electron chi connectivity index (χ3n) is 2.44. The summed E-state index contributed by atoms with van der Waals surface area (Å²) in [5.74, 6) is -0.723. The average molecular weight is 301 g/mol. The highest BCUT2D eigenvalue weighted by Crippen LogP contribution is 2.36. The van der Waals surface area contributed by atoms with Gasteiger partial charge in [-0.15, -0.1) is 0 Å². The van der Waals surface area contributed by atoms with Gasteiger partial charge in [0.05, 0.1) is 12.6 Å². The van der Waals surface area contributed by atoms with Gasteiger partial charge < -0.3 is 35.2 Å². The van der Waals surface area contributed by atoms with Crippen LogP contribution in [0.15, 0.2) is 0 Å². The fourth-order valence-corrected chi connectivity index (χ4v) is 1.87. The summed E-state index contributed by atoms with van der Waals surface area (Å²) in [4.78, 5) is 27.9. The number of aliphatic hydroxyl groups is 2. The first-order chi connectivity index (χ1) is 8.61. The van der Waals surface area contributed by atoms with Crippen molar-refractivity contribution in [3.63, 3.8) is 0 Å². The zero-order valence-electron chi connectivity index (χ0n) is 9.95. The van der Waals surface area contributed by atoms with Crippen molar-refractivity contribution < 1.29 is 43.4 Å². The van der Waals surface area contributed by atoms with Crippen LogP contribution in [0.25, 0.3) is 0 Å². The Hall–Kier alpha value is -0.580. The van der Waals surface area contributed by atoms with E-state index < -0.39 is 51.0 Å². The molecule has 0 saturated carbocycles. The number of aliphatic hydroxyl groups excluding tert-OH is 2.